The Labute approximate surface area is 140 Å². The second kappa shape index (κ2) is 9.24. The third-order valence-corrected chi connectivity index (χ3v) is 4.13. The summed E-state index contributed by atoms with van der Waals surface area (Å²) in [4.78, 5) is 0. The van der Waals surface area contributed by atoms with E-state index in [-0.39, 0.29) is 5.75 Å². The molecule has 124 valence electrons. The van der Waals surface area contributed by atoms with Crippen LogP contribution in [0.2, 0.25) is 0 Å². The molecule has 0 unspecified atom stereocenters. The number of phenolic OH excluding ortho intramolecular Hbond substituents is 1. The van der Waals surface area contributed by atoms with Crippen LogP contribution in [0, 0.1) is 0 Å². The molecule has 0 atom stereocenters. The summed E-state index contributed by atoms with van der Waals surface area (Å²) in [5, 5.41) is 10.3. The zero-order chi connectivity index (χ0) is 16.5. The molecule has 0 heterocycles. The molecule has 0 saturated carbocycles. The van der Waals surface area contributed by atoms with Gasteiger partial charge in [-0.3, -0.25) is 0 Å². The van der Waals surface area contributed by atoms with Crippen LogP contribution in [0.15, 0.2) is 42.5 Å². The van der Waals surface area contributed by atoms with Crippen LogP contribution in [-0.2, 0) is 12.8 Å². The molecule has 0 aliphatic heterocycles. The zero-order valence-corrected chi connectivity index (χ0v) is 14.3. The van der Waals surface area contributed by atoms with Gasteiger partial charge in [0.2, 0.25) is 0 Å². The number of unbranched alkanes of at least 4 members (excludes halogenated alkanes) is 3. The van der Waals surface area contributed by atoms with E-state index in [1.54, 1.807) is 6.07 Å². The van der Waals surface area contributed by atoms with Crippen LogP contribution < -0.4 is 4.74 Å². The topological polar surface area (TPSA) is 29.5 Å². The molecule has 0 bridgehead atoms. The lowest BCUT2D eigenvalue weighted by atomic mass is 9.96. The number of ether oxygens (including phenoxy) is 1. The van der Waals surface area contributed by atoms with Crippen LogP contribution in [0.3, 0.4) is 0 Å². The van der Waals surface area contributed by atoms with Gasteiger partial charge in [-0.25, -0.2) is 0 Å². The highest BCUT2D eigenvalue weighted by Crippen LogP contribution is 2.37. The lowest BCUT2D eigenvalue weighted by molar-refractivity contribution is 0.405. The molecule has 0 saturated heterocycles. The van der Waals surface area contributed by atoms with E-state index in [1.165, 1.54) is 30.4 Å². The van der Waals surface area contributed by atoms with Crippen molar-refractivity contribution < 1.29 is 9.84 Å². The lowest BCUT2D eigenvalue weighted by Gasteiger charge is -2.17. The Morgan fingerprint density at radius 2 is 1.57 bits per heavy atom. The Morgan fingerprint density at radius 1 is 0.826 bits per heavy atom. The molecule has 0 aliphatic carbocycles. The van der Waals surface area contributed by atoms with E-state index in [9.17, 15) is 5.11 Å². The summed E-state index contributed by atoms with van der Waals surface area (Å²) in [6.07, 6.45) is 7.86. The summed E-state index contributed by atoms with van der Waals surface area (Å²) in [6, 6.07) is 13.5. The number of aryl methyl sites for hydroxylation is 1. The summed E-state index contributed by atoms with van der Waals surface area (Å²) in [5.41, 5.74) is 2.49. The van der Waals surface area contributed by atoms with Gasteiger partial charge < -0.3 is 9.84 Å². The monoisotopic (exact) mass is 312 g/mol. The largest absolute Gasteiger partial charge is 0.504 e. The van der Waals surface area contributed by atoms with Crippen molar-refractivity contribution in [1.82, 2.24) is 0 Å². The molecule has 2 aromatic rings. The maximum atomic E-state index is 10.3. The van der Waals surface area contributed by atoms with Crippen LogP contribution in [0.25, 0.3) is 0 Å². The van der Waals surface area contributed by atoms with E-state index in [0.29, 0.717) is 5.75 Å². The Bertz CT molecular complexity index is 590. The summed E-state index contributed by atoms with van der Waals surface area (Å²) < 4.78 is 6.04. The Balaban J connectivity index is 2.31. The molecule has 0 aliphatic rings. The fraction of sp³-hybridized carbons (Fsp3) is 0.429. The molecular weight excluding hydrogens is 284 g/mol. The molecular formula is C21H28O2. The third kappa shape index (κ3) is 5.02. The standard InChI is InChI=1S/C21H28O2/c1-3-5-8-14-19-17(11-6-4-2)15-16-20(22)21(19)23-18-12-9-7-10-13-18/h7,9-10,12-13,15-16,22H,3-6,8,11,14H2,1-2H3. The van der Waals surface area contributed by atoms with Crippen molar-refractivity contribution in [3.63, 3.8) is 0 Å². The van der Waals surface area contributed by atoms with Gasteiger partial charge in [-0.1, -0.05) is 57.4 Å². The van der Waals surface area contributed by atoms with Gasteiger partial charge in [-0.15, -0.1) is 0 Å². The molecule has 0 aromatic heterocycles. The first kappa shape index (κ1) is 17.4. The Kier molecular flexibility index (Phi) is 6.99. The predicted molar refractivity (Wildman–Crippen MR) is 96.5 cm³/mol. The Hall–Kier alpha value is -1.96. The maximum absolute atomic E-state index is 10.3. The number of benzene rings is 2. The molecule has 1 N–H and O–H groups in total. The number of phenols is 1. The summed E-state index contributed by atoms with van der Waals surface area (Å²) >= 11 is 0. The SMILES string of the molecule is CCCCCc1c(CCCC)ccc(O)c1Oc1ccccc1. The number of hydrogen-bond donors (Lipinski definition) is 1. The molecule has 2 aromatic carbocycles. The molecule has 2 nitrogen and oxygen atoms in total. The second-order valence-corrected chi connectivity index (χ2v) is 6.03. The maximum Gasteiger partial charge on any atom is 0.172 e. The normalized spacial score (nSPS) is 10.7. The highest BCUT2D eigenvalue weighted by molar-refractivity contribution is 5.52. The first-order chi connectivity index (χ1) is 11.3. The fourth-order valence-electron chi connectivity index (χ4n) is 2.80. The van der Waals surface area contributed by atoms with Gasteiger partial charge in [0.05, 0.1) is 0 Å². The van der Waals surface area contributed by atoms with Crippen LogP contribution in [-0.4, -0.2) is 5.11 Å². The van der Waals surface area contributed by atoms with E-state index in [0.717, 1.165) is 31.4 Å². The van der Waals surface area contributed by atoms with E-state index < -0.39 is 0 Å². The van der Waals surface area contributed by atoms with E-state index >= 15 is 0 Å². The molecule has 0 spiro atoms. The number of hydrogen-bond acceptors (Lipinski definition) is 2. The van der Waals surface area contributed by atoms with Crippen molar-refractivity contribution >= 4 is 0 Å². The van der Waals surface area contributed by atoms with E-state index in [4.69, 9.17) is 4.74 Å². The first-order valence-corrected chi connectivity index (χ1v) is 8.82. The van der Waals surface area contributed by atoms with Crippen molar-refractivity contribution in [2.75, 3.05) is 0 Å². The minimum atomic E-state index is 0.237. The highest BCUT2D eigenvalue weighted by atomic mass is 16.5. The summed E-state index contributed by atoms with van der Waals surface area (Å²) in [5.74, 6) is 1.65. The minimum Gasteiger partial charge on any atom is -0.504 e. The minimum absolute atomic E-state index is 0.237. The van der Waals surface area contributed by atoms with Crippen molar-refractivity contribution in [3.05, 3.63) is 53.6 Å². The van der Waals surface area contributed by atoms with Crippen molar-refractivity contribution in [1.29, 1.82) is 0 Å². The molecule has 2 heteroatoms. The van der Waals surface area contributed by atoms with E-state index in [1.807, 2.05) is 30.3 Å². The van der Waals surface area contributed by atoms with Gasteiger partial charge in [-0.05, 0) is 49.4 Å². The smallest absolute Gasteiger partial charge is 0.172 e. The van der Waals surface area contributed by atoms with Crippen LogP contribution >= 0.6 is 0 Å². The van der Waals surface area contributed by atoms with Crippen LogP contribution in [0.4, 0.5) is 0 Å². The zero-order valence-electron chi connectivity index (χ0n) is 14.3. The molecule has 2 rings (SSSR count). The molecule has 0 amide bonds. The number of rotatable bonds is 9. The van der Waals surface area contributed by atoms with Crippen molar-refractivity contribution in [3.8, 4) is 17.2 Å². The van der Waals surface area contributed by atoms with Gasteiger partial charge in [0.15, 0.2) is 11.5 Å². The second-order valence-electron chi connectivity index (χ2n) is 6.03. The summed E-state index contributed by atoms with van der Waals surface area (Å²) in [6.45, 7) is 4.42. The van der Waals surface area contributed by atoms with Crippen LogP contribution in [0.5, 0.6) is 17.2 Å². The Morgan fingerprint density at radius 3 is 2.26 bits per heavy atom. The quantitative estimate of drug-likeness (QED) is 0.554. The lowest BCUT2D eigenvalue weighted by Crippen LogP contribution is -2.00. The van der Waals surface area contributed by atoms with Gasteiger partial charge >= 0.3 is 0 Å². The van der Waals surface area contributed by atoms with Crippen LogP contribution in [0.1, 0.15) is 57.1 Å². The average Bonchev–Trinajstić information content (AvgIpc) is 2.58. The first-order valence-electron chi connectivity index (χ1n) is 8.82. The fourth-order valence-corrected chi connectivity index (χ4v) is 2.80. The van der Waals surface area contributed by atoms with Crippen molar-refractivity contribution in [2.24, 2.45) is 0 Å². The van der Waals surface area contributed by atoms with Gasteiger partial charge in [-0.2, -0.15) is 0 Å². The molecule has 0 fully saturated rings. The van der Waals surface area contributed by atoms with Gasteiger partial charge in [0.25, 0.3) is 0 Å². The summed E-state index contributed by atoms with van der Waals surface area (Å²) in [7, 11) is 0. The van der Waals surface area contributed by atoms with Gasteiger partial charge in [0.1, 0.15) is 5.75 Å². The van der Waals surface area contributed by atoms with Gasteiger partial charge in [0, 0.05) is 5.56 Å². The highest BCUT2D eigenvalue weighted by Gasteiger charge is 2.15. The third-order valence-electron chi connectivity index (χ3n) is 4.13. The number of aromatic hydroxyl groups is 1. The number of para-hydroxylation sites is 1. The molecule has 23 heavy (non-hydrogen) atoms. The van der Waals surface area contributed by atoms with Crippen molar-refractivity contribution in [2.45, 2.75) is 58.8 Å². The average molecular weight is 312 g/mol. The molecule has 0 radical (unpaired) electrons. The van der Waals surface area contributed by atoms with E-state index in [2.05, 4.69) is 19.9 Å². The predicted octanol–water partition coefficient (Wildman–Crippen LogP) is 6.26.